The van der Waals surface area contributed by atoms with Crippen LogP contribution in [-0.2, 0) is 6.54 Å². The molecule has 0 aliphatic carbocycles. The summed E-state index contributed by atoms with van der Waals surface area (Å²) in [5, 5.41) is 8.73. The molecule has 0 N–H and O–H groups in total. The van der Waals surface area contributed by atoms with Crippen molar-refractivity contribution in [2.45, 2.75) is 19.5 Å². The van der Waals surface area contributed by atoms with Crippen LogP contribution in [0.25, 0.3) is 0 Å². The van der Waals surface area contributed by atoms with Crippen molar-refractivity contribution >= 4 is 22.6 Å². The van der Waals surface area contributed by atoms with E-state index >= 15 is 0 Å². The molecule has 1 unspecified atom stereocenters. The van der Waals surface area contributed by atoms with Gasteiger partial charge in [0.2, 0.25) is 0 Å². The Morgan fingerprint density at radius 2 is 2.00 bits per heavy atom. The van der Waals surface area contributed by atoms with Crippen molar-refractivity contribution in [1.82, 2.24) is 4.90 Å². The number of rotatable bonds is 3. The van der Waals surface area contributed by atoms with E-state index in [4.69, 9.17) is 5.26 Å². The molecule has 1 rings (SSSR count). The third kappa shape index (κ3) is 3.28. The maximum atomic E-state index is 8.73. The lowest BCUT2D eigenvalue weighted by Crippen LogP contribution is -2.26. The minimum atomic E-state index is -0.0331. The van der Waals surface area contributed by atoms with Gasteiger partial charge in [-0.25, -0.2) is 0 Å². The van der Waals surface area contributed by atoms with E-state index in [1.807, 2.05) is 18.9 Å². The molecule has 0 aliphatic rings. The van der Waals surface area contributed by atoms with Gasteiger partial charge < -0.3 is 0 Å². The molecule has 74 valence electrons. The van der Waals surface area contributed by atoms with E-state index < -0.39 is 0 Å². The highest BCUT2D eigenvalue weighted by molar-refractivity contribution is 14.1. The highest BCUT2D eigenvalue weighted by atomic mass is 127. The summed E-state index contributed by atoms with van der Waals surface area (Å²) in [4.78, 5) is 2.03. The van der Waals surface area contributed by atoms with Crippen LogP contribution in [0.15, 0.2) is 24.3 Å². The van der Waals surface area contributed by atoms with E-state index in [9.17, 15) is 0 Å². The van der Waals surface area contributed by atoms with Crippen LogP contribution in [-0.4, -0.2) is 18.0 Å². The Balaban J connectivity index is 2.61. The maximum Gasteiger partial charge on any atom is 0.0949 e. The summed E-state index contributed by atoms with van der Waals surface area (Å²) >= 11 is 2.28. The van der Waals surface area contributed by atoms with Crippen LogP contribution in [0, 0.1) is 14.9 Å². The van der Waals surface area contributed by atoms with Gasteiger partial charge >= 0.3 is 0 Å². The molecular weight excluding hydrogens is 287 g/mol. The van der Waals surface area contributed by atoms with Crippen LogP contribution in [0.2, 0.25) is 0 Å². The first-order valence-electron chi connectivity index (χ1n) is 4.48. The second kappa shape index (κ2) is 5.32. The summed E-state index contributed by atoms with van der Waals surface area (Å²) in [6.07, 6.45) is 0. The van der Waals surface area contributed by atoms with Gasteiger partial charge in [0.05, 0.1) is 12.1 Å². The highest BCUT2D eigenvalue weighted by Crippen LogP contribution is 2.09. The van der Waals surface area contributed by atoms with Crippen LogP contribution in [0.3, 0.4) is 0 Å². The summed E-state index contributed by atoms with van der Waals surface area (Å²) in [6.45, 7) is 2.73. The van der Waals surface area contributed by atoms with E-state index in [0.29, 0.717) is 0 Å². The molecule has 0 saturated carbocycles. The summed E-state index contributed by atoms with van der Waals surface area (Å²) < 4.78 is 1.24. The van der Waals surface area contributed by atoms with Gasteiger partial charge in [-0.3, -0.25) is 4.90 Å². The molecule has 14 heavy (non-hydrogen) atoms. The molecular formula is C11H13IN2. The van der Waals surface area contributed by atoms with Gasteiger partial charge in [0, 0.05) is 10.1 Å². The van der Waals surface area contributed by atoms with Crippen molar-refractivity contribution in [3.63, 3.8) is 0 Å². The largest absolute Gasteiger partial charge is 0.287 e. The fourth-order valence-corrected chi connectivity index (χ4v) is 1.47. The second-order valence-electron chi connectivity index (χ2n) is 3.35. The highest BCUT2D eigenvalue weighted by Gasteiger charge is 2.07. The molecule has 0 saturated heterocycles. The zero-order valence-corrected chi connectivity index (χ0v) is 10.5. The zero-order chi connectivity index (χ0) is 10.6. The Bertz CT molecular complexity index is 326. The Hall–Kier alpha value is -0.600. The van der Waals surface area contributed by atoms with Crippen molar-refractivity contribution in [3.8, 4) is 6.07 Å². The lowest BCUT2D eigenvalue weighted by Gasteiger charge is -2.18. The molecule has 0 bridgehead atoms. The molecule has 0 aliphatic heterocycles. The summed E-state index contributed by atoms with van der Waals surface area (Å²) in [5.41, 5.74) is 1.25. The number of halogens is 1. The molecule has 0 aromatic heterocycles. The predicted octanol–water partition coefficient (Wildman–Crippen LogP) is 2.64. The van der Waals surface area contributed by atoms with Gasteiger partial charge in [-0.1, -0.05) is 12.1 Å². The van der Waals surface area contributed by atoms with E-state index in [2.05, 4.69) is 52.9 Å². The van der Waals surface area contributed by atoms with Gasteiger partial charge in [0.25, 0.3) is 0 Å². The average molecular weight is 300 g/mol. The van der Waals surface area contributed by atoms with Crippen LogP contribution in [0.4, 0.5) is 0 Å². The van der Waals surface area contributed by atoms with E-state index in [1.54, 1.807) is 0 Å². The van der Waals surface area contributed by atoms with Crippen molar-refractivity contribution in [3.05, 3.63) is 33.4 Å². The minimum absolute atomic E-state index is 0.0331. The fourth-order valence-electron chi connectivity index (χ4n) is 1.11. The zero-order valence-electron chi connectivity index (χ0n) is 8.37. The quantitative estimate of drug-likeness (QED) is 0.802. The molecule has 1 atom stereocenters. The van der Waals surface area contributed by atoms with Gasteiger partial charge in [-0.15, -0.1) is 0 Å². The summed E-state index contributed by atoms with van der Waals surface area (Å²) in [6, 6.07) is 10.6. The Morgan fingerprint density at radius 1 is 1.43 bits per heavy atom. The van der Waals surface area contributed by atoms with Crippen LogP contribution in [0.5, 0.6) is 0 Å². The van der Waals surface area contributed by atoms with Crippen LogP contribution >= 0.6 is 22.6 Å². The normalized spacial score (nSPS) is 12.5. The molecule has 0 heterocycles. The van der Waals surface area contributed by atoms with E-state index in [1.165, 1.54) is 9.13 Å². The number of nitriles is 1. The van der Waals surface area contributed by atoms with Crippen LogP contribution in [0.1, 0.15) is 12.5 Å². The second-order valence-corrected chi connectivity index (χ2v) is 4.59. The fraction of sp³-hybridized carbons (Fsp3) is 0.364. The van der Waals surface area contributed by atoms with E-state index in [0.717, 1.165) is 6.54 Å². The van der Waals surface area contributed by atoms with Crippen molar-refractivity contribution < 1.29 is 0 Å². The minimum Gasteiger partial charge on any atom is -0.287 e. The molecule has 1 aromatic carbocycles. The first kappa shape index (κ1) is 11.5. The third-order valence-electron chi connectivity index (χ3n) is 2.19. The third-order valence-corrected chi connectivity index (χ3v) is 2.91. The lowest BCUT2D eigenvalue weighted by molar-refractivity contribution is 0.294. The van der Waals surface area contributed by atoms with Crippen molar-refractivity contribution in [2.24, 2.45) is 0 Å². The average Bonchev–Trinajstić information content (AvgIpc) is 2.20. The first-order chi connectivity index (χ1) is 6.63. The monoisotopic (exact) mass is 300 g/mol. The topological polar surface area (TPSA) is 27.0 Å². The van der Waals surface area contributed by atoms with E-state index in [-0.39, 0.29) is 6.04 Å². The predicted molar refractivity (Wildman–Crippen MR) is 65.7 cm³/mol. The van der Waals surface area contributed by atoms with Crippen molar-refractivity contribution in [2.75, 3.05) is 7.05 Å². The van der Waals surface area contributed by atoms with Gasteiger partial charge in [-0.2, -0.15) is 5.26 Å². The maximum absolute atomic E-state index is 8.73. The molecule has 0 fully saturated rings. The number of benzene rings is 1. The number of hydrogen-bond donors (Lipinski definition) is 0. The Labute approximate surface area is 98.7 Å². The number of hydrogen-bond acceptors (Lipinski definition) is 2. The number of nitrogens with zero attached hydrogens (tertiary/aromatic N) is 2. The Kier molecular flexibility index (Phi) is 4.36. The van der Waals surface area contributed by atoms with Crippen LogP contribution < -0.4 is 0 Å². The Morgan fingerprint density at radius 3 is 2.50 bits per heavy atom. The molecule has 0 amide bonds. The molecule has 2 nitrogen and oxygen atoms in total. The standard InChI is InChI=1S/C11H13IN2/c1-9(7-13)14(2)8-10-3-5-11(12)6-4-10/h3-6,9H,8H2,1-2H3. The molecule has 3 heteroatoms. The van der Waals surface area contributed by atoms with Gasteiger partial charge in [-0.05, 0) is 54.3 Å². The molecule has 0 spiro atoms. The lowest BCUT2D eigenvalue weighted by atomic mass is 10.2. The smallest absolute Gasteiger partial charge is 0.0949 e. The SMILES string of the molecule is CC(C#N)N(C)Cc1ccc(I)cc1. The first-order valence-corrected chi connectivity index (χ1v) is 5.55. The van der Waals surface area contributed by atoms with Crippen molar-refractivity contribution in [1.29, 1.82) is 5.26 Å². The van der Waals surface area contributed by atoms with Gasteiger partial charge in [0.15, 0.2) is 0 Å². The molecule has 0 radical (unpaired) electrons. The molecule has 1 aromatic rings. The van der Waals surface area contributed by atoms with Gasteiger partial charge in [0.1, 0.15) is 0 Å². The summed E-state index contributed by atoms with van der Waals surface area (Å²) in [7, 11) is 1.96. The summed E-state index contributed by atoms with van der Waals surface area (Å²) in [5.74, 6) is 0.